The number of carbonyl (C=O) groups is 1. The average molecular weight is 258 g/mol. The minimum atomic E-state index is -0.0915. The van der Waals surface area contributed by atoms with Gasteiger partial charge in [0.25, 0.3) is 5.91 Å². The lowest BCUT2D eigenvalue weighted by molar-refractivity contribution is 0.0930. The molecule has 0 unspecified atom stereocenters. The highest BCUT2D eigenvalue weighted by Crippen LogP contribution is 2.19. The lowest BCUT2D eigenvalue weighted by Crippen LogP contribution is -2.34. The number of aromatic amines is 1. The molecule has 1 aliphatic carbocycles. The van der Waals surface area contributed by atoms with E-state index in [4.69, 9.17) is 0 Å². The Kier molecular flexibility index (Phi) is 3.44. The van der Waals surface area contributed by atoms with Crippen molar-refractivity contribution in [3.8, 4) is 0 Å². The van der Waals surface area contributed by atoms with Crippen LogP contribution in [0.4, 0.5) is 0 Å². The lowest BCUT2D eigenvalue weighted by Gasteiger charge is -2.15. The second-order valence-electron chi connectivity index (χ2n) is 5.16. The Balaban J connectivity index is 1.76. The van der Waals surface area contributed by atoms with Gasteiger partial charge < -0.3 is 5.32 Å². The summed E-state index contributed by atoms with van der Waals surface area (Å²) < 4.78 is 0. The van der Waals surface area contributed by atoms with Gasteiger partial charge in [-0.3, -0.25) is 14.9 Å². The summed E-state index contributed by atoms with van der Waals surface area (Å²) in [6.07, 6.45) is 10.5. The molecule has 2 heterocycles. The number of nitrogens with zero attached hydrogens (tertiary/aromatic N) is 2. The van der Waals surface area contributed by atoms with E-state index in [9.17, 15) is 4.79 Å². The first kappa shape index (κ1) is 12.1. The van der Waals surface area contributed by atoms with Crippen LogP contribution in [0.1, 0.15) is 49.0 Å². The molecular weight excluding hydrogens is 240 g/mol. The van der Waals surface area contributed by atoms with E-state index in [0.29, 0.717) is 11.7 Å². The predicted octanol–water partition coefficient (Wildman–Crippen LogP) is 2.41. The molecule has 1 saturated carbocycles. The van der Waals surface area contributed by atoms with E-state index in [1.807, 2.05) is 6.07 Å². The zero-order chi connectivity index (χ0) is 13.1. The Morgan fingerprint density at radius 1 is 1.26 bits per heavy atom. The van der Waals surface area contributed by atoms with Crippen LogP contribution in [0.25, 0.3) is 10.9 Å². The Morgan fingerprint density at radius 2 is 2.05 bits per heavy atom. The summed E-state index contributed by atoms with van der Waals surface area (Å²) >= 11 is 0. The number of amides is 1. The molecule has 3 rings (SSSR count). The maximum Gasteiger partial charge on any atom is 0.272 e. The summed E-state index contributed by atoms with van der Waals surface area (Å²) in [6, 6.07) is 2.11. The van der Waals surface area contributed by atoms with E-state index < -0.39 is 0 Å². The van der Waals surface area contributed by atoms with Crippen LogP contribution in [0, 0.1) is 0 Å². The molecule has 2 aromatic rings. The van der Waals surface area contributed by atoms with Crippen LogP contribution in [-0.2, 0) is 0 Å². The maximum absolute atomic E-state index is 12.3. The van der Waals surface area contributed by atoms with Crippen LogP contribution in [-0.4, -0.2) is 27.1 Å². The number of pyridine rings is 1. The molecule has 19 heavy (non-hydrogen) atoms. The average Bonchev–Trinajstić information content (AvgIpc) is 2.70. The van der Waals surface area contributed by atoms with Gasteiger partial charge in [-0.15, -0.1) is 0 Å². The van der Waals surface area contributed by atoms with Gasteiger partial charge in [-0.2, -0.15) is 5.10 Å². The molecule has 5 nitrogen and oxygen atoms in total. The Morgan fingerprint density at radius 3 is 2.84 bits per heavy atom. The van der Waals surface area contributed by atoms with Gasteiger partial charge in [0.2, 0.25) is 0 Å². The second kappa shape index (κ2) is 5.38. The van der Waals surface area contributed by atoms with Crippen molar-refractivity contribution < 1.29 is 4.79 Å². The number of hydrogen-bond acceptors (Lipinski definition) is 3. The zero-order valence-electron chi connectivity index (χ0n) is 10.9. The summed E-state index contributed by atoms with van der Waals surface area (Å²) in [5.74, 6) is -0.0915. The fourth-order valence-corrected chi connectivity index (χ4v) is 2.71. The van der Waals surface area contributed by atoms with Crippen molar-refractivity contribution in [1.82, 2.24) is 20.5 Å². The van der Waals surface area contributed by atoms with E-state index in [2.05, 4.69) is 20.5 Å². The van der Waals surface area contributed by atoms with Crippen molar-refractivity contribution in [2.45, 2.75) is 44.6 Å². The molecule has 0 aliphatic heterocycles. The Hall–Kier alpha value is -1.91. The Labute approximate surface area is 111 Å². The summed E-state index contributed by atoms with van der Waals surface area (Å²) in [5, 5.41) is 10.9. The smallest absolute Gasteiger partial charge is 0.272 e. The molecular formula is C14H18N4O. The van der Waals surface area contributed by atoms with Gasteiger partial charge in [-0.1, -0.05) is 25.7 Å². The highest BCUT2D eigenvalue weighted by molar-refractivity contribution is 6.04. The lowest BCUT2D eigenvalue weighted by atomic mass is 10.1. The normalized spacial score (nSPS) is 17.3. The number of H-pyrrole nitrogens is 1. The third kappa shape index (κ3) is 2.59. The van der Waals surface area contributed by atoms with Gasteiger partial charge in [-0.05, 0) is 18.9 Å². The predicted molar refractivity (Wildman–Crippen MR) is 72.8 cm³/mol. The quantitative estimate of drug-likeness (QED) is 0.813. The summed E-state index contributed by atoms with van der Waals surface area (Å²) in [7, 11) is 0. The first-order valence-electron chi connectivity index (χ1n) is 6.93. The fraction of sp³-hybridized carbons (Fsp3) is 0.500. The van der Waals surface area contributed by atoms with Gasteiger partial charge in [0, 0.05) is 18.4 Å². The molecule has 2 aromatic heterocycles. The molecule has 1 amide bonds. The molecule has 0 radical (unpaired) electrons. The first-order chi connectivity index (χ1) is 9.34. The van der Waals surface area contributed by atoms with Gasteiger partial charge in [0.1, 0.15) is 0 Å². The summed E-state index contributed by atoms with van der Waals surface area (Å²) in [4.78, 5) is 16.3. The van der Waals surface area contributed by atoms with Crippen LogP contribution in [0.5, 0.6) is 0 Å². The third-order valence-electron chi connectivity index (χ3n) is 3.77. The van der Waals surface area contributed by atoms with Crippen LogP contribution in [0.2, 0.25) is 0 Å². The second-order valence-corrected chi connectivity index (χ2v) is 5.16. The van der Waals surface area contributed by atoms with E-state index in [0.717, 1.165) is 23.7 Å². The largest absolute Gasteiger partial charge is 0.348 e. The standard InChI is InChI=1S/C14H18N4O/c19-14(16-10-5-3-1-2-4-6-10)13-11-9-15-8-7-12(11)17-18-13/h7-10H,1-6H2,(H,16,19)(H,17,18). The highest BCUT2D eigenvalue weighted by Gasteiger charge is 2.19. The maximum atomic E-state index is 12.3. The van der Waals surface area contributed by atoms with Gasteiger partial charge >= 0.3 is 0 Å². The summed E-state index contributed by atoms with van der Waals surface area (Å²) in [6.45, 7) is 0. The monoisotopic (exact) mass is 258 g/mol. The molecule has 100 valence electrons. The number of fused-ring (bicyclic) bond motifs is 1. The van der Waals surface area contributed by atoms with Crippen LogP contribution in [0.15, 0.2) is 18.5 Å². The number of aromatic nitrogens is 3. The SMILES string of the molecule is O=C(NC1CCCCCC1)c1n[nH]c2ccncc12. The molecule has 2 N–H and O–H groups in total. The fourth-order valence-electron chi connectivity index (χ4n) is 2.71. The number of rotatable bonds is 2. The van der Waals surface area contributed by atoms with E-state index in [1.165, 1.54) is 25.7 Å². The molecule has 0 bridgehead atoms. The minimum absolute atomic E-state index is 0.0915. The first-order valence-corrected chi connectivity index (χ1v) is 6.93. The minimum Gasteiger partial charge on any atom is -0.348 e. The van der Waals surface area contributed by atoms with E-state index >= 15 is 0 Å². The highest BCUT2D eigenvalue weighted by atomic mass is 16.2. The van der Waals surface area contributed by atoms with Crippen LogP contribution >= 0.6 is 0 Å². The molecule has 0 aromatic carbocycles. The summed E-state index contributed by atoms with van der Waals surface area (Å²) in [5.41, 5.74) is 1.30. The molecule has 1 fully saturated rings. The molecule has 5 heteroatoms. The number of hydrogen-bond donors (Lipinski definition) is 2. The Bertz CT molecular complexity index is 570. The zero-order valence-corrected chi connectivity index (χ0v) is 10.9. The number of carbonyl (C=O) groups excluding carboxylic acids is 1. The van der Waals surface area contributed by atoms with Crippen molar-refractivity contribution in [1.29, 1.82) is 0 Å². The molecule has 0 atom stereocenters. The number of nitrogens with one attached hydrogen (secondary N) is 2. The van der Waals surface area contributed by atoms with Gasteiger partial charge in [0.05, 0.1) is 10.9 Å². The van der Waals surface area contributed by atoms with E-state index in [-0.39, 0.29) is 5.91 Å². The molecule has 0 saturated heterocycles. The van der Waals surface area contributed by atoms with Crippen LogP contribution < -0.4 is 5.32 Å². The third-order valence-corrected chi connectivity index (χ3v) is 3.77. The van der Waals surface area contributed by atoms with E-state index in [1.54, 1.807) is 12.4 Å². The van der Waals surface area contributed by atoms with Crippen molar-refractivity contribution in [2.75, 3.05) is 0 Å². The van der Waals surface area contributed by atoms with Gasteiger partial charge in [0.15, 0.2) is 5.69 Å². The van der Waals surface area contributed by atoms with Crippen molar-refractivity contribution >= 4 is 16.8 Å². The van der Waals surface area contributed by atoms with Crippen molar-refractivity contribution in [2.24, 2.45) is 0 Å². The molecule has 1 aliphatic rings. The van der Waals surface area contributed by atoms with Crippen molar-refractivity contribution in [3.05, 3.63) is 24.2 Å². The van der Waals surface area contributed by atoms with Crippen LogP contribution in [0.3, 0.4) is 0 Å². The van der Waals surface area contributed by atoms with Crippen molar-refractivity contribution in [3.63, 3.8) is 0 Å². The van der Waals surface area contributed by atoms with Gasteiger partial charge in [-0.25, -0.2) is 0 Å². The molecule has 0 spiro atoms. The topological polar surface area (TPSA) is 70.7 Å².